The highest BCUT2D eigenvalue weighted by molar-refractivity contribution is 4.58. The molecule has 1 atom stereocenters. The van der Waals surface area contributed by atoms with E-state index in [1.54, 1.807) is 0 Å². The van der Waals surface area contributed by atoms with Crippen LogP contribution < -0.4 is 5.73 Å². The van der Waals surface area contributed by atoms with Gasteiger partial charge in [-0.05, 0) is 47.0 Å². The van der Waals surface area contributed by atoms with Crippen molar-refractivity contribution in [2.45, 2.75) is 58.6 Å². The van der Waals surface area contributed by atoms with Gasteiger partial charge in [-0.2, -0.15) is 0 Å². The molecule has 0 fully saturated rings. The molecular weight excluding hydrogens is 190 g/mol. The van der Waals surface area contributed by atoms with Gasteiger partial charge in [0.2, 0.25) is 0 Å². The number of hydrogen-bond donors (Lipinski definition) is 1. The molecule has 0 saturated carbocycles. The van der Waals surface area contributed by atoms with Crippen molar-refractivity contribution in [2.24, 2.45) is 5.73 Å². The highest BCUT2D eigenvalue weighted by atomic mass is 16.5. The van der Waals surface area contributed by atoms with Gasteiger partial charge < -0.3 is 15.2 Å². The van der Waals surface area contributed by atoms with Crippen LogP contribution >= 0.6 is 0 Å². The fraction of sp³-hybridized carbons (Fsp3) is 1.00. The number of unbranched alkanes of at least 4 members (excludes halogenated alkanes) is 1. The Bertz CT molecular complexity index is 141. The third-order valence-electron chi connectivity index (χ3n) is 1.96. The van der Waals surface area contributed by atoms with Gasteiger partial charge in [-0.15, -0.1) is 0 Å². The summed E-state index contributed by atoms with van der Waals surface area (Å²) < 4.78 is 11.0. The molecule has 0 spiro atoms. The first-order valence-electron chi connectivity index (χ1n) is 5.89. The summed E-state index contributed by atoms with van der Waals surface area (Å²) in [5, 5.41) is 0. The first-order valence-corrected chi connectivity index (χ1v) is 5.89. The molecule has 3 nitrogen and oxygen atoms in total. The van der Waals surface area contributed by atoms with E-state index in [9.17, 15) is 0 Å². The maximum Gasteiger partial charge on any atom is 0.0707 e. The summed E-state index contributed by atoms with van der Waals surface area (Å²) in [5.74, 6) is 0. The monoisotopic (exact) mass is 217 g/mol. The van der Waals surface area contributed by atoms with E-state index < -0.39 is 0 Å². The minimum atomic E-state index is -0.0572. The Kier molecular flexibility index (Phi) is 8.02. The zero-order valence-electron chi connectivity index (χ0n) is 10.7. The third-order valence-corrected chi connectivity index (χ3v) is 1.96. The van der Waals surface area contributed by atoms with E-state index in [2.05, 4.69) is 20.8 Å². The normalized spacial score (nSPS) is 14.2. The molecule has 0 aliphatic carbocycles. The van der Waals surface area contributed by atoms with Crippen molar-refractivity contribution >= 4 is 0 Å². The van der Waals surface area contributed by atoms with Gasteiger partial charge in [-0.3, -0.25) is 0 Å². The van der Waals surface area contributed by atoms with Crippen LogP contribution in [0.15, 0.2) is 0 Å². The van der Waals surface area contributed by atoms with Gasteiger partial charge >= 0.3 is 0 Å². The maximum absolute atomic E-state index is 5.64. The van der Waals surface area contributed by atoms with Crippen molar-refractivity contribution in [1.29, 1.82) is 0 Å². The average molecular weight is 217 g/mol. The minimum Gasteiger partial charge on any atom is -0.379 e. The number of hydrogen-bond acceptors (Lipinski definition) is 3. The Hall–Kier alpha value is -0.120. The van der Waals surface area contributed by atoms with E-state index in [1.807, 2.05) is 6.92 Å². The van der Waals surface area contributed by atoms with Crippen molar-refractivity contribution < 1.29 is 9.47 Å². The van der Waals surface area contributed by atoms with Gasteiger partial charge in [0.15, 0.2) is 0 Å². The fourth-order valence-corrected chi connectivity index (χ4v) is 1.18. The second kappa shape index (κ2) is 8.08. The maximum atomic E-state index is 5.64. The van der Waals surface area contributed by atoms with E-state index >= 15 is 0 Å². The predicted molar refractivity (Wildman–Crippen MR) is 64.0 cm³/mol. The van der Waals surface area contributed by atoms with Gasteiger partial charge in [-0.1, -0.05) is 0 Å². The van der Waals surface area contributed by atoms with Crippen LogP contribution in [-0.4, -0.2) is 31.5 Å². The molecule has 1 unspecified atom stereocenters. The summed E-state index contributed by atoms with van der Waals surface area (Å²) in [6, 6.07) is 0.314. The van der Waals surface area contributed by atoms with Crippen molar-refractivity contribution in [3.63, 3.8) is 0 Å². The lowest BCUT2D eigenvalue weighted by molar-refractivity contribution is -0.0351. The topological polar surface area (TPSA) is 44.5 Å². The SMILES string of the molecule is CC(N)CCCCOCCOC(C)(C)C. The summed E-state index contributed by atoms with van der Waals surface area (Å²) >= 11 is 0. The van der Waals surface area contributed by atoms with Gasteiger partial charge in [0.25, 0.3) is 0 Å². The van der Waals surface area contributed by atoms with Crippen LogP contribution in [0.4, 0.5) is 0 Å². The highest BCUT2D eigenvalue weighted by Crippen LogP contribution is 2.05. The second-order valence-corrected chi connectivity index (χ2v) is 5.05. The van der Waals surface area contributed by atoms with E-state index in [0.29, 0.717) is 19.3 Å². The van der Waals surface area contributed by atoms with Crippen molar-refractivity contribution in [1.82, 2.24) is 0 Å². The molecule has 0 bridgehead atoms. The molecule has 92 valence electrons. The molecule has 0 saturated heterocycles. The number of nitrogens with two attached hydrogens (primary N) is 1. The van der Waals surface area contributed by atoms with Crippen LogP contribution in [0.1, 0.15) is 47.0 Å². The van der Waals surface area contributed by atoms with Crippen molar-refractivity contribution in [2.75, 3.05) is 19.8 Å². The van der Waals surface area contributed by atoms with Gasteiger partial charge in [0.05, 0.1) is 18.8 Å². The fourth-order valence-electron chi connectivity index (χ4n) is 1.18. The lowest BCUT2D eigenvalue weighted by atomic mass is 10.1. The van der Waals surface area contributed by atoms with Crippen LogP contribution in [0.3, 0.4) is 0 Å². The van der Waals surface area contributed by atoms with Gasteiger partial charge in [-0.25, -0.2) is 0 Å². The van der Waals surface area contributed by atoms with Crippen LogP contribution in [0.25, 0.3) is 0 Å². The molecule has 15 heavy (non-hydrogen) atoms. The molecule has 0 rings (SSSR count). The molecule has 2 N–H and O–H groups in total. The zero-order valence-corrected chi connectivity index (χ0v) is 10.7. The largest absolute Gasteiger partial charge is 0.379 e. The Morgan fingerprint density at radius 2 is 1.73 bits per heavy atom. The summed E-state index contributed by atoms with van der Waals surface area (Å²) in [4.78, 5) is 0. The summed E-state index contributed by atoms with van der Waals surface area (Å²) in [6.07, 6.45) is 3.33. The smallest absolute Gasteiger partial charge is 0.0707 e. The molecular formula is C12H27NO2. The first kappa shape index (κ1) is 14.9. The Morgan fingerprint density at radius 3 is 2.27 bits per heavy atom. The molecule has 0 amide bonds. The molecule has 0 aliphatic heterocycles. The lowest BCUT2D eigenvalue weighted by Gasteiger charge is -2.19. The Morgan fingerprint density at radius 1 is 1.07 bits per heavy atom. The van der Waals surface area contributed by atoms with Crippen LogP contribution in [0.5, 0.6) is 0 Å². The Labute approximate surface area is 94.3 Å². The number of ether oxygens (including phenoxy) is 2. The quantitative estimate of drug-likeness (QED) is 0.635. The first-order chi connectivity index (χ1) is 6.92. The van der Waals surface area contributed by atoms with E-state index in [-0.39, 0.29) is 5.60 Å². The van der Waals surface area contributed by atoms with E-state index in [0.717, 1.165) is 25.9 Å². The van der Waals surface area contributed by atoms with Gasteiger partial charge in [0.1, 0.15) is 0 Å². The molecule has 0 radical (unpaired) electrons. The summed E-state index contributed by atoms with van der Waals surface area (Å²) in [6.45, 7) is 10.4. The molecule has 3 heteroatoms. The van der Waals surface area contributed by atoms with Crippen LogP contribution in [0.2, 0.25) is 0 Å². The molecule has 0 aromatic rings. The summed E-state index contributed by atoms with van der Waals surface area (Å²) in [5.41, 5.74) is 5.58. The second-order valence-electron chi connectivity index (χ2n) is 5.05. The molecule has 0 aromatic heterocycles. The van der Waals surface area contributed by atoms with E-state index in [1.165, 1.54) is 0 Å². The summed E-state index contributed by atoms with van der Waals surface area (Å²) in [7, 11) is 0. The standard InChI is InChI=1S/C12H27NO2/c1-11(13)7-5-6-8-14-9-10-15-12(2,3)4/h11H,5-10,13H2,1-4H3. The predicted octanol–water partition coefficient (Wildman–Crippen LogP) is 2.34. The van der Waals surface area contributed by atoms with Gasteiger partial charge in [0, 0.05) is 12.6 Å². The zero-order chi connectivity index (χ0) is 11.7. The molecule has 0 heterocycles. The number of rotatable bonds is 8. The lowest BCUT2D eigenvalue weighted by Crippen LogP contribution is -2.22. The third kappa shape index (κ3) is 13.9. The molecule has 0 aliphatic rings. The van der Waals surface area contributed by atoms with Crippen molar-refractivity contribution in [3.8, 4) is 0 Å². The van der Waals surface area contributed by atoms with Crippen molar-refractivity contribution in [3.05, 3.63) is 0 Å². The van der Waals surface area contributed by atoms with Crippen LogP contribution in [0, 0.1) is 0 Å². The molecule has 0 aromatic carbocycles. The Balaban J connectivity index is 3.06. The van der Waals surface area contributed by atoms with E-state index in [4.69, 9.17) is 15.2 Å². The highest BCUT2D eigenvalue weighted by Gasteiger charge is 2.08. The minimum absolute atomic E-state index is 0.0572. The average Bonchev–Trinajstić information content (AvgIpc) is 2.07. The van der Waals surface area contributed by atoms with Crippen LogP contribution in [-0.2, 0) is 9.47 Å².